The van der Waals surface area contributed by atoms with E-state index in [2.05, 4.69) is 0 Å². The zero-order valence-corrected chi connectivity index (χ0v) is 16.6. The van der Waals surface area contributed by atoms with E-state index < -0.39 is 5.43 Å². The molecule has 152 valence electrons. The number of hydrogen-bond acceptors (Lipinski definition) is 7. The van der Waals surface area contributed by atoms with Crippen molar-refractivity contribution in [1.82, 2.24) is 0 Å². The molecule has 1 N–H and O–H groups in total. The molecule has 0 saturated carbocycles. The van der Waals surface area contributed by atoms with Crippen LogP contribution < -0.4 is 19.6 Å². The molecule has 0 aliphatic carbocycles. The third kappa shape index (κ3) is 3.27. The van der Waals surface area contributed by atoms with Crippen LogP contribution in [0, 0.1) is 0 Å². The molecule has 0 spiro atoms. The normalized spacial score (nSPS) is 17.2. The predicted octanol–water partition coefficient (Wildman–Crippen LogP) is 3.74. The molecule has 1 saturated heterocycles. The highest BCUT2D eigenvalue weighted by molar-refractivity contribution is 5.93. The van der Waals surface area contributed by atoms with Gasteiger partial charge in [0.2, 0.25) is 16.9 Å². The van der Waals surface area contributed by atoms with Crippen LogP contribution >= 0.6 is 0 Å². The number of epoxide rings is 1. The molecule has 1 aliphatic rings. The molecule has 4 rings (SSSR count). The number of ether oxygens (including phenoxy) is 4. The minimum Gasteiger partial charge on any atom is -0.507 e. The Balaban J connectivity index is 1.90. The summed E-state index contributed by atoms with van der Waals surface area (Å²) in [6, 6.07) is 10.4. The molecule has 2 heterocycles. The fourth-order valence-electron chi connectivity index (χ4n) is 3.28. The summed E-state index contributed by atoms with van der Waals surface area (Å²) in [4.78, 5) is 13.1. The van der Waals surface area contributed by atoms with Gasteiger partial charge in [0.25, 0.3) is 0 Å². The first kappa shape index (κ1) is 19.1. The van der Waals surface area contributed by atoms with E-state index in [0.29, 0.717) is 5.56 Å². The molecule has 1 aliphatic heterocycles. The third-order valence-electron chi connectivity index (χ3n) is 5.02. The lowest BCUT2D eigenvalue weighted by Gasteiger charge is -2.15. The van der Waals surface area contributed by atoms with Gasteiger partial charge in [0.05, 0.1) is 19.8 Å². The summed E-state index contributed by atoms with van der Waals surface area (Å²) in [5, 5.41) is 10.5. The predicted molar refractivity (Wildman–Crippen MR) is 107 cm³/mol. The van der Waals surface area contributed by atoms with Crippen molar-refractivity contribution in [2.45, 2.75) is 25.6 Å². The van der Waals surface area contributed by atoms with E-state index in [-0.39, 0.29) is 58.0 Å². The van der Waals surface area contributed by atoms with E-state index in [4.69, 9.17) is 23.4 Å². The Morgan fingerprint density at radius 1 is 1.10 bits per heavy atom. The highest BCUT2D eigenvalue weighted by Gasteiger charge is 2.48. The second-order valence-corrected chi connectivity index (χ2v) is 7.31. The van der Waals surface area contributed by atoms with E-state index >= 15 is 0 Å². The number of phenolic OH excluding ortho intramolecular Hbond substituents is 1. The Kier molecular flexibility index (Phi) is 4.62. The van der Waals surface area contributed by atoms with Gasteiger partial charge < -0.3 is 28.5 Å². The molecule has 29 heavy (non-hydrogen) atoms. The summed E-state index contributed by atoms with van der Waals surface area (Å²) in [5.41, 5.74) is 0.00101. The second kappa shape index (κ2) is 7.00. The molecule has 1 atom stereocenters. The fourth-order valence-corrected chi connectivity index (χ4v) is 3.28. The van der Waals surface area contributed by atoms with Gasteiger partial charge in [-0.2, -0.15) is 0 Å². The minimum absolute atomic E-state index is 0.00264. The van der Waals surface area contributed by atoms with E-state index in [1.54, 1.807) is 12.1 Å². The van der Waals surface area contributed by atoms with Crippen LogP contribution in [0.2, 0.25) is 0 Å². The maximum atomic E-state index is 13.1. The van der Waals surface area contributed by atoms with Gasteiger partial charge in [0, 0.05) is 11.6 Å². The van der Waals surface area contributed by atoms with Crippen molar-refractivity contribution in [3.8, 4) is 34.3 Å². The Morgan fingerprint density at radius 3 is 2.34 bits per heavy atom. The maximum absolute atomic E-state index is 13.1. The molecule has 2 aromatic carbocycles. The number of aromatic hydroxyl groups is 1. The Morgan fingerprint density at radius 2 is 1.76 bits per heavy atom. The largest absolute Gasteiger partial charge is 0.507 e. The molecule has 7 nitrogen and oxygen atoms in total. The van der Waals surface area contributed by atoms with Crippen LogP contribution in [0.1, 0.15) is 13.8 Å². The summed E-state index contributed by atoms with van der Waals surface area (Å²) in [7, 11) is 2.83. The van der Waals surface area contributed by atoms with Gasteiger partial charge in [-0.3, -0.25) is 4.79 Å². The number of fused-ring (bicyclic) bond motifs is 1. The van der Waals surface area contributed by atoms with Crippen molar-refractivity contribution in [3.63, 3.8) is 0 Å². The van der Waals surface area contributed by atoms with Crippen LogP contribution in [-0.4, -0.2) is 37.6 Å². The van der Waals surface area contributed by atoms with Crippen molar-refractivity contribution in [2.24, 2.45) is 0 Å². The molecular formula is C22H22O7. The Hall–Kier alpha value is -3.19. The lowest BCUT2D eigenvalue weighted by molar-refractivity contribution is 0.245. The van der Waals surface area contributed by atoms with Crippen LogP contribution in [0.25, 0.3) is 22.3 Å². The van der Waals surface area contributed by atoms with Gasteiger partial charge >= 0.3 is 0 Å². The molecule has 3 aromatic rings. The Bertz CT molecular complexity index is 1120. The van der Waals surface area contributed by atoms with E-state index in [0.717, 1.165) is 0 Å². The minimum atomic E-state index is -0.499. The van der Waals surface area contributed by atoms with Gasteiger partial charge in [-0.15, -0.1) is 0 Å². The van der Waals surface area contributed by atoms with E-state index in [1.165, 1.54) is 20.3 Å². The van der Waals surface area contributed by atoms with Crippen molar-refractivity contribution in [1.29, 1.82) is 0 Å². The van der Waals surface area contributed by atoms with Crippen molar-refractivity contribution in [3.05, 3.63) is 46.6 Å². The lowest BCUT2D eigenvalue weighted by Crippen LogP contribution is -2.13. The average Bonchev–Trinajstić information content (AvgIpc) is 3.33. The highest BCUT2D eigenvalue weighted by Crippen LogP contribution is 2.44. The average molecular weight is 398 g/mol. The first-order valence-corrected chi connectivity index (χ1v) is 9.18. The summed E-state index contributed by atoms with van der Waals surface area (Å²) in [5.74, 6) is 0.442. The molecular weight excluding hydrogens is 376 g/mol. The van der Waals surface area contributed by atoms with Crippen molar-refractivity contribution in [2.75, 3.05) is 20.8 Å². The maximum Gasteiger partial charge on any atom is 0.239 e. The summed E-state index contributed by atoms with van der Waals surface area (Å²) >= 11 is 0. The van der Waals surface area contributed by atoms with Gasteiger partial charge in [-0.25, -0.2) is 0 Å². The third-order valence-corrected chi connectivity index (χ3v) is 5.02. The van der Waals surface area contributed by atoms with Crippen LogP contribution in [0.3, 0.4) is 0 Å². The number of phenols is 1. The molecule has 0 amide bonds. The Labute approximate surface area is 167 Å². The molecule has 1 aromatic heterocycles. The zero-order valence-electron chi connectivity index (χ0n) is 16.6. The smallest absolute Gasteiger partial charge is 0.239 e. The summed E-state index contributed by atoms with van der Waals surface area (Å²) < 4.78 is 28.2. The first-order chi connectivity index (χ1) is 13.9. The van der Waals surface area contributed by atoms with Crippen molar-refractivity contribution < 1.29 is 28.5 Å². The first-order valence-electron chi connectivity index (χ1n) is 9.18. The second-order valence-electron chi connectivity index (χ2n) is 7.31. The number of rotatable bonds is 6. The molecule has 1 unspecified atom stereocenters. The molecule has 0 bridgehead atoms. The summed E-state index contributed by atoms with van der Waals surface area (Å²) in [6.45, 7) is 4.21. The highest BCUT2D eigenvalue weighted by atomic mass is 16.6. The zero-order chi connectivity index (χ0) is 20.8. The van der Waals surface area contributed by atoms with Crippen LogP contribution in [0.4, 0.5) is 0 Å². The molecule has 7 heteroatoms. The molecule has 1 fully saturated rings. The lowest BCUT2D eigenvalue weighted by atomic mass is 10.1. The van der Waals surface area contributed by atoms with Gasteiger partial charge in [0.15, 0.2) is 17.1 Å². The standard InChI is InChI=1S/C22H22O7/c1-22(2)15(29-22)11-27-14-10-13(23)16-17(24)21(26-4)18(12-8-6-5-7-9-12)28-20(16)19(14)25-3/h5-10,15,23H,11H2,1-4H3. The van der Waals surface area contributed by atoms with Gasteiger partial charge in [-0.1, -0.05) is 30.3 Å². The quantitative estimate of drug-likeness (QED) is 0.633. The monoisotopic (exact) mass is 398 g/mol. The number of benzene rings is 2. The van der Waals surface area contributed by atoms with Crippen LogP contribution in [-0.2, 0) is 4.74 Å². The summed E-state index contributed by atoms with van der Waals surface area (Å²) in [6.07, 6.45) is -0.0622. The fraction of sp³-hybridized carbons (Fsp3) is 0.318. The van der Waals surface area contributed by atoms with Crippen LogP contribution in [0.15, 0.2) is 45.6 Å². The SMILES string of the molecule is COc1c(-c2ccccc2)oc2c(OC)c(OCC3OC3(C)C)cc(O)c2c1=O. The topological polar surface area (TPSA) is 90.7 Å². The van der Waals surface area contributed by atoms with E-state index in [9.17, 15) is 9.90 Å². The van der Waals surface area contributed by atoms with Crippen molar-refractivity contribution >= 4 is 11.0 Å². The molecule has 0 radical (unpaired) electrons. The number of hydrogen-bond donors (Lipinski definition) is 1. The van der Waals surface area contributed by atoms with Gasteiger partial charge in [-0.05, 0) is 13.8 Å². The van der Waals surface area contributed by atoms with E-state index in [1.807, 2.05) is 32.0 Å². The van der Waals surface area contributed by atoms with Gasteiger partial charge in [0.1, 0.15) is 23.8 Å². The number of methoxy groups -OCH3 is 2. The van der Waals surface area contributed by atoms with Crippen LogP contribution in [0.5, 0.6) is 23.0 Å².